The second kappa shape index (κ2) is 4.75. The van der Waals surface area contributed by atoms with Gasteiger partial charge in [0, 0.05) is 20.1 Å². The Bertz CT molecular complexity index is 482. The standard InChI is InChI=1S/C10H18N4O2S/c1-11-7-9-4-6-14(8-9)17(15,16)10-3-5-12-13(10)2/h3,5,9,11H,4,6-8H2,1-2H3. The molecule has 0 bridgehead atoms. The van der Waals surface area contributed by atoms with Crippen molar-refractivity contribution in [2.24, 2.45) is 13.0 Å². The van der Waals surface area contributed by atoms with Gasteiger partial charge in [-0.3, -0.25) is 4.68 Å². The van der Waals surface area contributed by atoms with Gasteiger partial charge in [0.15, 0.2) is 5.03 Å². The predicted octanol–water partition coefficient (Wildman–Crippen LogP) is -0.350. The molecule has 0 radical (unpaired) electrons. The van der Waals surface area contributed by atoms with E-state index < -0.39 is 10.0 Å². The first-order valence-corrected chi connectivity index (χ1v) is 7.12. The Morgan fingerprint density at radius 3 is 2.94 bits per heavy atom. The van der Waals surface area contributed by atoms with Gasteiger partial charge in [-0.05, 0) is 32.0 Å². The van der Waals surface area contributed by atoms with Crippen LogP contribution in [0.15, 0.2) is 17.3 Å². The van der Waals surface area contributed by atoms with Crippen molar-refractivity contribution in [1.82, 2.24) is 19.4 Å². The average Bonchev–Trinajstić information content (AvgIpc) is 2.87. The van der Waals surface area contributed by atoms with E-state index in [0.717, 1.165) is 13.0 Å². The van der Waals surface area contributed by atoms with Crippen LogP contribution in [0.25, 0.3) is 0 Å². The predicted molar refractivity (Wildman–Crippen MR) is 64.0 cm³/mol. The molecule has 0 aromatic carbocycles. The van der Waals surface area contributed by atoms with E-state index in [-0.39, 0.29) is 5.03 Å². The highest BCUT2D eigenvalue weighted by molar-refractivity contribution is 7.89. The van der Waals surface area contributed by atoms with Gasteiger partial charge < -0.3 is 5.32 Å². The lowest BCUT2D eigenvalue weighted by molar-refractivity contribution is 0.444. The number of aromatic nitrogens is 2. The van der Waals surface area contributed by atoms with E-state index in [1.807, 2.05) is 7.05 Å². The molecule has 1 N–H and O–H groups in total. The van der Waals surface area contributed by atoms with Crippen molar-refractivity contribution in [3.8, 4) is 0 Å². The normalized spacial score (nSPS) is 22.1. The van der Waals surface area contributed by atoms with Crippen LogP contribution in [0.5, 0.6) is 0 Å². The highest BCUT2D eigenvalue weighted by atomic mass is 32.2. The first kappa shape index (κ1) is 12.5. The van der Waals surface area contributed by atoms with Gasteiger partial charge in [0.05, 0.1) is 6.20 Å². The summed E-state index contributed by atoms with van der Waals surface area (Å²) in [6.45, 7) is 2.05. The molecule has 2 heterocycles. The van der Waals surface area contributed by atoms with Gasteiger partial charge in [-0.15, -0.1) is 0 Å². The third-order valence-corrected chi connectivity index (χ3v) is 5.06. The maximum absolute atomic E-state index is 12.3. The third-order valence-electron chi connectivity index (χ3n) is 3.12. The van der Waals surface area contributed by atoms with Crippen LogP contribution in [-0.4, -0.2) is 49.2 Å². The minimum Gasteiger partial charge on any atom is -0.319 e. The van der Waals surface area contributed by atoms with Crippen LogP contribution >= 0.6 is 0 Å². The number of hydrogen-bond donors (Lipinski definition) is 1. The summed E-state index contributed by atoms with van der Waals surface area (Å²) >= 11 is 0. The largest absolute Gasteiger partial charge is 0.319 e. The summed E-state index contributed by atoms with van der Waals surface area (Å²) in [5.74, 6) is 0.406. The van der Waals surface area contributed by atoms with Crippen LogP contribution in [-0.2, 0) is 17.1 Å². The summed E-state index contributed by atoms with van der Waals surface area (Å²) in [5, 5.41) is 7.26. The van der Waals surface area contributed by atoms with Crippen molar-refractivity contribution >= 4 is 10.0 Å². The van der Waals surface area contributed by atoms with Gasteiger partial charge in [-0.25, -0.2) is 8.42 Å². The van der Waals surface area contributed by atoms with Gasteiger partial charge in [0.25, 0.3) is 10.0 Å². The Morgan fingerprint density at radius 2 is 2.35 bits per heavy atom. The molecule has 7 heteroatoms. The van der Waals surface area contributed by atoms with Gasteiger partial charge in [-0.2, -0.15) is 9.40 Å². The second-order valence-electron chi connectivity index (χ2n) is 4.37. The third kappa shape index (κ3) is 2.36. The van der Waals surface area contributed by atoms with Crippen LogP contribution < -0.4 is 5.32 Å². The molecule has 1 unspecified atom stereocenters. The first-order valence-electron chi connectivity index (χ1n) is 5.68. The molecule has 1 atom stereocenters. The van der Waals surface area contributed by atoms with Crippen molar-refractivity contribution in [3.63, 3.8) is 0 Å². The topological polar surface area (TPSA) is 67.2 Å². The summed E-state index contributed by atoms with van der Waals surface area (Å²) in [6.07, 6.45) is 2.42. The molecule has 6 nitrogen and oxygen atoms in total. The van der Waals surface area contributed by atoms with Gasteiger partial charge >= 0.3 is 0 Å². The molecule has 2 rings (SSSR count). The second-order valence-corrected chi connectivity index (χ2v) is 6.25. The highest BCUT2D eigenvalue weighted by Crippen LogP contribution is 2.23. The Morgan fingerprint density at radius 1 is 1.59 bits per heavy atom. The lowest BCUT2D eigenvalue weighted by atomic mass is 10.1. The zero-order valence-electron chi connectivity index (χ0n) is 10.1. The van der Waals surface area contributed by atoms with Gasteiger partial charge in [-0.1, -0.05) is 0 Å². The van der Waals surface area contributed by atoms with Crippen LogP contribution in [0.4, 0.5) is 0 Å². The average molecular weight is 258 g/mol. The lowest BCUT2D eigenvalue weighted by Crippen LogP contribution is -2.31. The minimum atomic E-state index is -3.37. The number of rotatable bonds is 4. The van der Waals surface area contributed by atoms with Crippen molar-refractivity contribution in [2.45, 2.75) is 11.4 Å². The number of nitrogens with one attached hydrogen (secondary N) is 1. The van der Waals surface area contributed by atoms with E-state index in [1.165, 1.54) is 10.9 Å². The lowest BCUT2D eigenvalue weighted by Gasteiger charge is -2.16. The molecule has 1 aliphatic rings. The number of hydrogen-bond acceptors (Lipinski definition) is 4. The van der Waals surface area contributed by atoms with E-state index >= 15 is 0 Å². The summed E-state index contributed by atoms with van der Waals surface area (Å²) in [4.78, 5) is 0. The molecule has 0 amide bonds. The van der Waals surface area contributed by atoms with Crippen LogP contribution in [0.1, 0.15) is 6.42 Å². The zero-order valence-corrected chi connectivity index (χ0v) is 10.9. The van der Waals surface area contributed by atoms with Gasteiger partial charge in [0.2, 0.25) is 0 Å². The molecular formula is C10H18N4O2S. The smallest absolute Gasteiger partial charge is 0.260 e. The molecule has 0 saturated carbocycles. The first-order chi connectivity index (χ1) is 8.05. The van der Waals surface area contributed by atoms with Gasteiger partial charge in [0.1, 0.15) is 0 Å². The molecule has 0 aliphatic carbocycles. The monoisotopic (exact) mass is 258 g/mol. The molecule has 1 aromatic heterocycles. The van der Waals surface area contributed by atoms with E-state index in [2.05, 4.69) is 10.4 Å². The SMILES string of the molecule is CNCC1CCN(S(=O)(=O)c2ccnn2C)C1. The van der Waals surface area contributed by atoms with Crippen molar-refractivity contribution in [2.75, 3.05) is 26.7 Å². The molecule has 1 aromatic rings. The van der Waals surface area contributed by atoms with E-state index in [1.54, 1.807) is 17.4 Å². The summed E-state index contributed by atoms with van der Waals surface area (Å²) in [6, 6.07) is 1.54. The Labute approximate surface area is 102 Å². The molecule has 96 valence electrons. The maximum atomic E-state index is 12.3. The Kier molecular flexibility index (Phi) is 3.50. The van der Waals surface area contributed by atoms with Crippen molar-refractivity contribution in [1.29, 1.82) is 0 Å². The fourth-order valence-corrected chi connectivity index (χ4v) is 3.85. The number of aryl methyl sites for hydroxylation is 1. The van der Waals surface area contributed by atoms with E-state index in [4.69, 9.17) is 0 Å². The fraction of sp³-hybridized carbons (Fsp3) is 0.700. The van der Waals surface area contributed by atoms with Crippen molar-refractivity contribution in [3.05, 3.63) is 12.3 Å². The van der Waals surface area contributed by atoms with Crippen LogP contribution in [0, 0.1) is 5.92 Å². The highest BCUT2D eigenvalue weighted by Gasteiger charge is 2.33. The molecular weight excluding hydrogens is 240 g/mol. The van der Waals surface area contributed by atoms with E-state index in [9.17, 15) is 8.42 Å². The summed E-state index contributed by atoms with van der Waals surface area (Å²) in [7, 11) is 0.163. The molecule has 1 saturated heterocycles. The molecule has 17 heavy (non-hydrogen) atoms. The molecule has 1 aliphatic heterocycles. The maximum Gasteiger partial charge on any atom is 0.260 e. The quantitative estimate of drug-likeness (QED) is 0.801. The molecule has 0 spiro atoms. The summed E-state index contributed by atoms with van der Waals surface area (Å²) in [5.41, 5.74) is 0. The minimum absolute atomic E-state index is 0.266. The molecule has 1 fully saturated rings. The summed E-state index contributed by atoms with van der Waals surface area (Å²) < 4.78 is 27.6. The number of sulfonamides is 1. The van der Waals surface area contributed by atoms with Crippen LogP contribution in [0.2, 0.25) is 0 Å². The zero-order chi connectivity index (χ0) is 12.5. The van der Waals surface area contributed by atoms with E-state index in [0.29, 0.717) is 19.0 Å². The van der Waals surface area contributed by atoms with Crippen molar-refractivity contribution < 1.29 is 8.42 Å². The Balaban J connectivity index is 2.16. The fourth-order valence-electron chi connectivity index (χ4n) is 2.22. The van der Waals surface area contributed by atoms with Crippen LogP contribution in [0.3, 0.4) is 0 Å². The number of nitrogens with zero attached hydrogens (tertiary/aromatic N) is 3. The Hall–Kier alpha value is -0.920.